The molecule has 1 aliphatic carbocycles. The van der Waals surface area contributed by atoms with Gasteiger partial charge in [0.1, 0.15) is 5.78 Å². The topological polar surface area (TPSA) is 29.1 Å². The van der Waals surface area contributed by atoms with E-state index in [4.69, 9.17) is 0 Å². The number of Topliss-reactive ketones (excluding diaryl/α,β-unsaturated/α-hetero) is 1. The molecule has 0 spiro atoms. The molecule has 2 nitrogen and oxygen atoms in total. The van der Waals surface area contributed by atoms with E-state index < -0.39 is 0 Å². The highest BCUT2D eigenvalue weighted by molar-refractivity contribution is 5.84. The van der Waals surface area contributed by atoms with Crippen molar-refractivity contribution in [1.29, 1.82) is 0 Å². The molecule has 3 atom stereocenters. The van der Waals surface area contributed by atoms with Crippen LogP contribution in [0.3, 0.4) is 0 Å². The predicted octanol–water partition coefficient (Wildman–Crippen LogP) is 2.52. The molecule has 86 valence electrons. The molecule has 2 rings (SSSR count). The molecule has 0 radical (unpaired) electrons. The third-order valence-electron chi connectivity index (χ3n) is 3.98. The van der Waals surface area contributed by atoms with Gasteiger partial charge in [-0.25, -0.2) is 0 Å². The number of nitrogens with one attached hydrogen (secondary N) is 1. The van der Waals surface area contributed by atoms with Crippen LogP contribution in [-0.4, -0.2) is 18.4 Å². The van der Waals surface area contributed by atoms with Gasteiger partial charge < -0.3 is 5.32 Å². The second-order valence-electron chi connectivity index (χ2n) is 5.46. The second-order valence-corrected chi connectivity index (χ2v) is 5.46. The highest BCUT2D eigenvalue weighted by Crippen LogP contribution is 2.31. The van der Waals surface area contributed by atoms with E-state index in [1.807, 2.05) is 0 Å². The molecular formula is C13H23NO. The maximum absolute atomic E-state index is 12.0. The smallest absolute Gasteiger partial charge is 0.150 e. The van der Waals surface area contributed by atoms with Gasteiger partial charge in [0.15, 0.2) is 0 Å². The Kier molecular flexibility index (Phi) is 3.79. The second kappa shape index (κ2) is 5.11. The zero-order chi connectivity index (χ0) is 10.7. The molecular weight excluding hydrogens is 186 g/mol. The van der Waals surface area contributed by atoms with E-state index in [9.17, 15) is 4.79 Å². The van der Waals surface area contributed by atoms with Crippen molar-refractivity contribution in [1.82, 2.24) is 5.32 Å². The van der Waals surface area contributed by atoms with Crippen LogP contribution in [0.15, 0.2) is 0 Å². The van der Waals surface area contributed by atoms with E-state index in [1.165, 1.54) is 32.1 Å². The van der Waals surface area contributed by atoms with Gasteiger partial charge in [-0.15, -0.1) is 0 Å². The fourth-order valence-corrected chi connectivity index (χ4v) is 3.13. The summed E-state index contributed by atoms with van der Waals surface area (Å²) >= 11 is 0. The van der Waals surface area contributed by atoms with E-state index in [1.54, 1.807) is 0 Å². The molecule has 1 heterocycles. The maximum Gasteiger partial charge on any atom is 0.150 e. The first-order valence-electron chi connectivity index (χ1n) is 6.52. The van der Waals surface area contributed by atoms with E-state index in [2.05, 4.69) is 12.2 Å². The van der Waals surface area contributed by atoms with Crippen LogP contribution in [0.5, 0.6) is 0 Å². The molecule has 1 aliphatic heterocycles. The first-order chi connectivity index (χ1) is 7.25. The summed E-state index contributed by atoms with van der Waals surface area (Å²) in [5.41, 5.74) is 0. The van der Waals surface area contributed by atoms with Gasteiger partial charge in [-0.1, -0.05) is 26.2 Å². The van der Waals surface area contributed by atoms with Gasteiger partial charge in [-0.2, -0.15) is 0 Å². The van der Waals surface area contributed by atoms with Crippen molar-refractivity contribution >= 4 is 5.78 Å². The summed E-state index contributed by atoms with van der Waals surface area (Å²) in [6, 6.07) is 0.197. The van der Waals surface area contributed by atoms with Crippen molar-refractivity contribution in [3.05, 3.63) is 0 Å². The quantitative estimate of drug-likeness (QED) is 0.774. The standard InChI is InChI=1S/C13H23NO/c1-10-4-2-5-11(8-10)9-13(15)12-6-3-7-14-12/h10-12,14H,2-9H2,1H3. The Hall–Kier alpha value is -0.370. The average Bonchev–Trinajstić information content (AvgIpc) is 2.70. The van der Waals surface area contributed by atoms with E-state index in [0.717, 1.165) is 25.3 Å². The van der Waals surface area contributed by atoms with Gasteiger partial charge in [0, 0.05) is 6.42 Å². The largest absolute Gasteiger partial charge is 0.307 e. The lowest BCUT2D eigenvalue weighted by molar-refractivity contribution is -0.121. The van der Waals surface area contributed by atoms with Crippen molar-refractivity contribution in [3.8, 4) is 0 Å². The SMILES string of the molecule is CC1CCCC(CC(=O)C2CCCN2)C1. The average molecular weight is 209 g/mol. The van der Waals surface area contributed by atoms with Gasteiger partial charge in [-0.05, 0) is 37.6 Å². The van der Waals surface area contributed by atoms with Crippen LogP contribution in [-0.2, 0) is 4.79 Å². The van der Waals surface area contributed by atoms with Crippen LogP contribution in [0.1, 0.15) is 51.9 Å². The summed E-state index contributed by atoms with van der Waals surface area (Å²) in [6.45, 7) is 3.36. The Balaban J connectivity index is 1.77. The molecule has 2 fully saturated rings. The normalized spacial score (nSPS) is 36.7. The molecule has 0 aromatic carbocycles. The Morgan fingerprint density at radius 3 is 2.80 bits per heavy atom. The Bertz CT molecular complexity index is 221. The van der Waals surface area contributed by atoms with Crippen molar-refractivity contribution in [3.63, 3.8) is 0 Å². The Labute approximate surface area is 92.8 Å². The minimum absolute atomic E-state index is 0.197. The minimum Gasteiger partial charge on any atom is -0.307 e. The first kappa shape index (κ1) is 11.1. The lowest BCUT2D eigenvalue weighted by Gasteiger charge is -2.26. The third kappa shape index (κ3) is 3.04. The van der Waals surface area contributed by atoms with Crippen LogP contribution in [0.25, 0.3) is 0 Å². The van der Waals surface area contributed by atoms with E-state index in [0.29, 0.717) is 11.7 Å². The van der Waals surface area contributed by atoms with Crippen molar-refractivity contribution < 1.29 is 4.79 Å². The first-order valence-corrected chi connectivity index (χ1v) is 6.52. The predicted molar refractivity (Wildman–Crippen MR) is 61.8 cm³/mol. The lowest BCUT2D eigenvalue weighted by Crippen LogP contribution is -2.32. The van der Waals surface area contributed by atoms with Crippen LogP contribution >= 0.6 is 0 Å². The van der Waals surface area contributed by atoms with E-state index >= 15 is 0 Å². The molecule has 2 aliphatic rings. The molecule has 3 unspecified atom stereocenters. The maximum atomic E-state index is 12.0. The number of ketones is 1. The van der Waals surface area contributed by atoms with Crippen LogP contribution in [0.2, 0.25) is 0 Å². The number of carbonyl (C=O) groups is 1. The van der Waals surface area contributed by atoms with Crippen molar-refractivity contribution in [2.24, 2.45) is 11.8 Å². The van der Waals surface area contributed by atoms with Crippen molar-refractivity contribution in [2.75, 3.05) is 6.54 Å². The molecule has 1 N–H and O–H groups in total. The van der Waals surface area contributed by atoms with Crippen molar-refractivity contribution in [2.45, 2.75) is 57.9 Å². The van der Waals surface area contributed by atoms with E-state index in [-0.39, 0.29) is 6.04 Å². The Morgan fingerprint density at radius 1 is 1.27 bits per heavy atom. The fraction of sp³-hybridized carbons (Fsp3) is 0.923. The zero-order valence-corrected chi connectivity index (χ0v) is 9.80. The summed E-state index contributed by atoms with van der Waals surface area (Å²) in [7, 11) is 0. The highest BCUT2D eigenvalue weighted by Gasteiger charge is 2.26. The number of rotatable bonds is 3. The van der Waals surface area contributed by atoms with Gasteiger partial charge in [0.2, 0.25) is 0 Å². The molecule has 0 aromatic rings. The lowest BCUT2D eigenvalue weighted by atomic mass is 9.79. The third-order valence-corrected chi connectivity index (χ3v) is 3.98. The Morgan fingerprint density at radius 2 is 2.13 bits per heavy atom. The number of carbonyl (C=O) groups excluding carboxylic acids is 1. The monoisotopic (exact) mass is 209 g/mol. The highest BCUT2D eigenvalue weighted by atomic mass is 16.1. The molecule has 1 saturated heterocycles. The number of hydrogen-bond acceptors (Lipinski definition) is 2. The summed E-state index contributed by atoms with van der Waals surface area (Å²) < 4.78 is 0. The van der Waals surface area contributed by atoms with Crippen LogP contribution < -0.4 is 5.32 Å². The summed E-state index contributed by atoms with van der Waals surface area (Å²) in [5, 5.41) is 3.31. The zero-order valence-electron chi connectivity index (χ0n) is 9.80. The molecule has 0 bridgehead atoms. The molecule has 0 aromatic heterocycles. The van der Waals surface area contributed by atoms with Gasteiger partial charge >= 0.3 is 0 Å². The summed E-state index contributed by atoms with van der Waals surface area (Å²) in [6.07, 6.45) is 8.34. The summed E-state index contributed by atoms with van der Waals surface area (Å²) in [4.78, 5) is 12.0. The van der Waals surface area contributed by atoms with Crippen LogP contribution in [0.4, 0.5) is 0 Å². The molecule has 0 amide bonds. The molecule has 15 heavy (non-hydrogen) atoms. The molecule has 2 heteroatoms. The van der Waals surface area contributed by atoms with Gasteiger partial charge in [0.05, 0.1) is 6.04 Å². The minimum atomic E-state index is 0.197. The fourth-order valence-electron chi connectivity index (χ4n) is 3.13. The van der Waals surface area contributed by atoms with Gasteiger partial charge in [0.25, 0.3) is 0 Å². The van der Waals surface area contributed by atoms with Crippen LogP contribution in [0, 0.1) is 11.8 Å². The van der Waals surface area contributed by atoms with Gasteiger partial charge in [-0.3, -0.25) is 4.79 Å². The molecule has 1 saturated carbocycles. The number of hydrogen-bond donors (Lipinski definition) is 1. The summed E-state index contributed by atoms with van der Waals surface area (Å²) in [5.74, 6) is 2.00.